The zero-order chi connectivity index (χ0) is 14.7. The summed E-state index contributed by atoms with van der Waals surface area (Å²) in [6.07, 6.45) is 3.11. The number of anilines is 1. The Morgan fingerprint density at radius 3 is 2.86 bits per heavy atom. The van der Waals surface area contributed by atoms with Crippen molar-refractivity contribution in [2.75, 3.05) is 25.0 Å². The number of rotatable bonds is 4. The number of benzene rings is 1. The fourth-order valence-electron chi connectivity index (χ4n) is 2.94. The van der Waals surface area contributed by atoms with Crippen LogP contribution in [0.3, 0.4) is 0 Å². The summed E-state index contributed by atoms with van der Waals surface area (Å²) in [7, 11) is 2.23. The van der Waals surface area contributed by atoms with Crippen LogP contribution in [0.2, 0.25) is 0 Å². The summed E-state index contributed by atoms with van der Waals surface area (Å²) in [6, 6.07) is 15.6. The van der Waals surface area contributed by atoms with Crippen LogP contribution in [0.1, 0.15) is 12.0 Å². The molecule has 0 unspecified atom stereocenters. The molecule has 108 valence electrons. The molecule has 21 heavy (non-hydrogen) atoms. The van der Waals surface area contributed by atoms with Gasteiger partial charge < -0.3 is 0 Å². The van der Waals surface area contributed by atoms with Crippen LogP contribution in [0.4, 0.5) is 5.69 Å². The molecule has 4 heteroatoms. The minimum atomic E-state index is 0.619. The van der Waals surface area contributed by atoms with Crippen LogP contribution >= 0.6 is 0 Å². The number of likely N-dealkylation sites (N-methyl/N-ethyl adjacent to an activating group) is 1. The molecular weight excluding hydrogens is 321 g/mol. The standard InChI is InChI=1S/C17H20AsN3/c1-20(12-14-5-3-2-4-6-14)16-8-10-21(13-16)15-7-9-19-17(18)11-15/h2-7,9,11,16H,8,10,12-13H2,1H3/t16-/m0/s1. The quantitative estimate of drug-likeness (QED) is 0.788. The molecule has 1 aliphatic rings. The summed E-state index contributed by atoms with van der Waals surface area (Å²) in [6.45, 7) is 3.24. The fraction of sp³-hybridized carbons (Fsp3) is 0.353. The summed E-state index contributed by atoms with van der Waals surface area (Å²) in [5.41, 5.74) is 2.67. The van der Waals surface area contributed by atoms with Gasteiger partial charge in [-0.15, -0.1) is 0 Å². The molecule has 3 nitrogen and oxygen atoms in total. The van der Waals surface area contributed by atoms with E-state index in [1.165, 1.54) is 17.7 Å². The Hall–Kier alpha value is -1.31. The molecule has 1 fully saturated rings. The van der Waals surface area contributed by atoms with E-state index in [2.05, 4.69) is 81.1 Å². The maximum atomic E-state index is 4.26. The predicted molar refractivity (Wildman–Crippen MR) is 88.2 cm³/mol. The molecule has 1 aliphatic heterocycles. The molecule has 0 N–H and O–H groups in total. The van der Waals surface area contributed by atoms with Crippen LogP contribution in [-0.2, 0) is 6.54 Å². The van der Waals surface area contributed by atoms with E-state index < -0.39 is 0 Å². The maximum absolute atomic E-state index is 4.26. The first-order valence-electron chi connectivity index (χ1n) is 7.36. The molecule has 3 rings (SSSR count). The summed E-state index contributed by atoms with van der Waals surface area (Å²) < 4.78 is 1.03. The molecule has 1 aromatic heterocycles. The molecule has 1 aromatic carbocycles. The van der Waals surface area contributed by atoms with Gasteiger partial charge in [-0.3, -0.25) is 0 Å². The Morgan fingerprint density at radius 2 is 2.10 bits per heavy atom. The molecule has 0 saturated carbocycles. The molecule has 1 saturated heterocycles. The Kier molecular flexibility index (Phi) is 4.62. The van der Waals surface area contributed by atoms with E-state index in [9.17, 15) is 0 Å². The Balaban J connectivity index is 1.61. The second-order valence-electron chi connectivity index (χ2n) is 5.66. The molecule has 2 radical (unpaired) electrons. The molecule has 0 bridgehead atoms. The summed E-state index contributed by atoms with van der Waals surface area (Å²) >= 11 is 2.52. The molecule has 2 heterocycles. The molecule has 0 amide bonds. The third-order valence-electron chi connectivity index (χ3n) is 4.16. The van der Waals surface area contributed by atoms with Crippen LogP contribution < -0.4 is 9.38 Å². The molecule has 2 aromatic rings. The van der Waals surface area contributed by atoms with Crippen molar-refractivity contribution in [2.45, 2.75) is 19.0 Å². The van der Waals surface area contributed by atoms with Crippen LogP contribution in [0.5, 0.6) is 0 Å². The normalized spacial score (nSPS) is 18.4. The van der Waals surface area contributed by atoms with Crippen molar-refractivity contribution in [2.24, 2.45) is 0 Å². The zero-order valence-corrected chi connectivity index (χ0v) is 14.2. The van der Waals surface area contributed by atoms with Crippen LogP contribution in [0.15, 0.2) is 48.7 Å². The minimum absolute atomic E-state index is 0.619. The molecule has 1 atom stereocenters. The average Bonchev–Trinajstić information content (AvgIpc) is 2.98. The number of pyridine rings is 1. The van der Waals surface area contributed by atoms with Gasteiger partial charge in [0.25, 0.3) is 0 Å². The van der Waals surface area contributed by atoms with Gasteiger partial charge >= 0.3 is 135 Å². The van der Waals surface area contributed by atoms with Crippen molar-refractivity contribution in [1.29, 1.82) is 0 Å². The van der Waals surface area contributed by atoms with Crippen molar-refractivity contribution in [1.82, 2.24) is 9.88 Å². The van der Waals surface area contributed by atoms with Gasteiger partial charge in [-0.05, 0) is 0 Å². The van der Waals surface area contributed by atoms with Crippen molar-refractivity contribution >= 4 is 27.0 Å². The summed E-state index contributed by atoms with van der Waals surface area (Å²) in [5, 5.41) is 0. The van der Waals surface area contributed by atoms with Gasteiger partial charge in [0.15, 0.2) is 0 Å². The third kappa shape index (κ3) is 3.66. The van der Waals surface area contributed by atoms with Crippen molar-refractivity contribution in [3.05, 3.63) is 54.2 Å². The van der Waals surface area contributed by atoms with Gasteiger partial charge in [-0.1, -0.05) is 0 Å². The van der Waals surface area contributed by atoms with Gasteiger partial charge in [0, 0.05) is 0 Å². The summed E-state index contributed by atoms with van der Waals surface area (Å²) in [5.74, 6) is 0. The first kappa shape index (κ1) is 14.6. The van der Waals surface area contributed by atoms with Crippen molar-refractivity contribution in [3.63, 3.8) is 0 Å². The summed E-state index contributed by atoms with van der Waals surface area (Å²) in [4.78, 5) is 9.19. The number of hydrogen-bond acceptors (Lipinski definition) is 3. The first-order valence-corrected chi connectivity index (χ1v) is 8.30. The van der Waals surface area contributed by atoms with Gasteiger partial charge in [0.05, 0.1) is 0 Å². The Morgan fingerprint density at radius 1 is 1.29 bits per heavy atom. The van der Waals surface area contributed by atoms with E-state index in [-0.39, 0.29) is 0 Å². The van der Waals surface area contributed by atoms with E-state index in [0.29, 0.717) is 6.04 Å². The van der Waals surface area contributed by atoms with Gasteiger partial charge in [-0.2, -0.15) is 0 Å². The Bertz CT molecular complexity index is 588. The SMILES string of the molecule is CN(Cc1ccccc1)[C@H]1CCN(c2ccnc([As])c2)C1. The van der Waals surface area contributed by atoms with Gasteiger partial charge in [-0.25, -0.2) is 0 Å². The zero-order valence-electron chi connectivity index (χ0n) is 12.3. The number of aromatic nitrogens is 1. The Labute approximate surface area is 135 Å². The predicted octanol–water partition coefficient (Wildman–Crippen LogP) is 1.59. The third-order valence-corrected chi connectivity index (χ3v) is 4.67. The van der Waals surface area contributed by atoms with E-state index in [1.54, 1.807) is 0 Å². The second kappa shape index (κ2) is 6.63. The van der Waals surface area contributed by atoms with Crippen LogP contribution in [0, 0.1) is 0 Å². The van der Waals surface area contributed by atoms with E-state index in [4.69, 9.17) is 0 Å². The van der Waals surface area contributed by atoms with Gasteiger partial charge in [0.2, 0.25) is 0 Å². The second-order valence-corrected chi connectivity index (χ2v) is 6.62. The van der Waals surface area contributed by atoms with E-state index in [1.807, 2.05) is 6.20 Å². The van der Waals surface area contributed by atoms with Crippen molar-refractivity contribution in [3.8, 4) is 0 Å². The molecule has 0 aliphatic carbocycles. The monoisotopic (exact) mass is 341 g/mol. The fourth-order valence-corrected chi connectivity index (χ4v) is 3.36. The topological polar surface area (TPSA) is 19.4 Å². The van der Waals surface area contributed by atoms with E-state index in [0.717, 1.165) is 24.1 Å². The van der Waals surface area contributed by atoms with Crippen molar-refractivity contribution < 1.29 is 0 Å². The van der Waals surface area contributed by atoms with Gasteiger partial charge in [0.1, 0.15) is 0 Å². The van der Waals surface area contributed by atoms with E-state index >= 15 is 0 Å². The first-order chi connectivity index (χ1) is 10.2. The van der Waals surface area contributed by atoms with Crippen LogP contribution in [-0.4, -0.2) is 52.9 Å². The van der Waals surface area contributed by atoms with Crippen LogP contribution in [0.25, 0.3) is 0 Å². The molecule has 0 spiro atoms. The number of nitrogens with zero attached hydrogens (tertiary/aromatic N) is 3. The number of hydrogen-bond donors (Lipinski definition) is 0. The average molecular weight is 341 g/mol. The molecular formula is C17H20AsN3.